The Labute approximate surface area is 163 Å². The summed E-state index contributed by atoms with van der Waals surface area (Å²) in [5.74, 6) is -0.951. The van der Waals surface area contributed by atoms with Crippen LogP contribution in [0.4, 0.5) is 0 Å². The van der Waals surface area contributed by atoms with E-state index < -0.39 is 5.97 Å². The number of likely N-dealkylation sites (N-methyl/N-ethyl adjacent to an activating group) is 2. The third-order valence-electron chi connectivity index (χ3n) is 3.57. The lowest BCUT2D eigenvalue weighted by Crippen LogP contribution is -2.41. The first kappa shape index (κ1) is 22.4. The molecule has 0 aromatic carbocycles. The van der Waals surface area contributed by atoms with Crippen molar-refractivity contribution in [2.75, 3.05) is 32.0 Å². The predicted octanol–water partition coefficient (Wildman–Crippen LogP) is 1.52. The van der Waals surface area contributed by atoms with Crippen LogP contribution in [0.5, 0.6) is 0 Å². The van der Waals surface area contributed by atoms with Crippen LogP contribution in [0, 0.1) is 18.3 Å². The second-order valence-electron chi connectivity index (χ2n) is 5.46. The Hall–Kier alpha value is -2.60. The van der Waals surface area contributed by atoms with E-state index in [-0.39, 0.29) is 41.8 Å². The fourth-order valence-corrected chi connectivity index (χ4v) is 3.12. The molecule has 0 saturated heterocycles. The minimum Gasteiger partial charge on any atom is -0.462 e. The first-order valence-electron chi connectivity index (χ1n) is 8.63. The standard InChI is InChI=1S/C18H24N4O4S/c1-5-20-15(23)10-22(6-2)16(24)11-27-17-13(9-19)8-14(12(4)21-17)18(25)26-7-3/h8H,5-7,10-11H2,1-4H3,(H,20,23). The first-order chi connectivity index (χ1) is 12.9. The van der Waals surface area contributed by atoms with Crippen LogP contribution in [-0.4, -0.2) is 59.7 Å². The number of hydrogen-bond acceptors (Lipinski definition) is 7. The van der Waals surface area contributed by atoms with E-state index in [1.54, 1.807) is 20.8 Å². The fraction of sp³-hybridized carbons (Fsp3) is 0.500. The normalized spacial score (nSPS) is 10.0. The number of pyridine rings is 1. The predicted molar refractivity (Wildman–Crippen MR) is 101 cm³/mol. The molecule has 1 aromatic heterocycles. The molecule has 0 aliphatic heterocycles. The SMILES string of the molecule is CCNC(=O)CN(CC)C(=O)CSc1nc(C)c(C(=O)OCC)cc1C#N. The van der Waals surface area contributed by atoms with Gasteiger partial charge in [-0.2, -0.15) is 5.26 Å². The Morgan fingerprint density at radius 1 is 1.33 bits per heavy atom. The number of rotatable bonds is 9. The highest BCUT2D eigenvalue weighted by molar-refractivity contribution is 8.00. The molecule has 27 heavy (non-hydrogen) atoms. The quantitative estimate of drug-likeness (QED) is 0.501. The average molecular weight is 392 g/mol. The Morgan fingerprint density at radius 3 is 2.59 bits per heavy atom. The molecular weight excluding hydrogens is 368 g/mol. The van der Waals surface area contributed by atoms with Crippen LogP contribution in [0.15, 0.2) is 11.1 Å². The number of carbonyl (C=O) groups is 3. The second kappa shape index (κ2) is 11.2. The van der Waals surface area contributed by atoms with Crippen LogP contribution < -0.4 is 5.32 Å². The average Bonchev–Trinajstić information content (AvgIpc) is 2.64. The van der Waals surface area contributed by atoms with Crippen LogP contribution in [0.25, 0.3) is 0 Å². The summed E-state index contributed by atoms with van der Waals surface area (Å²) in [5, 5.41) is 12.4. The second-order valence-corrected chi connectivity index (χ2v) is 6.42. The number of aryl methyl sites for hydroxylation is 1. The number of nitrogens with zero attached hydrogens (tertiary/aromatic N) is 3. The Morgan fingerprint density at radius 2 is 2.04 bits per heavy atom. The van der Waals surface area contributed by atoms with Gasteiger partial charge < -0.3 is 15.0 Å². The summed E-state index contributed by atoms with van der Waals surface area (Å²) in [5.41, 5.74) is 0.862. The van der Waals surface area contributed by atoms with Gasteiger partial charge in [0.05, 0.1) is 35.7 Å². The van der Waals surface area contributed by atoms with E-state index in [9.17, 15) is 19.6 Å². The number of amides is 2. The molecule has 0 aliphatic carbocycles. The molecule has 0 bridgehead atoms. The van der Waals surface area contributed by atoms with Crippen LogP contribution in [0.2, 0.25) is 0 Å². The Balaban J connectivity index is 2.88. The molecule has 146 valence electrons. The summed E-state index contributed by atoms with van der Waals surface area (Å²) in [4.78, 5) is 41.7. The number of esters is 1. The fourth-order valence-electron chi connectivity index (χ4n) is 2.21. The van der Waals surface area contributed by atoms with Gasteiger partial charge in [0.25, 0.3) is 0 Å². The molecule has 2 amide bonds. The zero-order chi connectivity index (χ0) is 20.4. The van der Waals surface area contributed by atoms with Crippen molar-refractivity contribution < 1.29 is 19.1 Å². The van der Waals surface area contributed by atoms with Crippen molar-refractivity contribution in [1.29, 1.82) is 5.26 Å². The van der Waals surface area contributed by atoms with E-state index in [0.717, 1.165) is 11.8 Å². The zero-order valence-corrected chi connectivity index (χ0v) is 16.8. The third kappa shape index (κ3) is 6.57. The molecular formula is C18H24N4O4S. The molecule has 0 radical (unpaired) electrons. The van der Waals surface area contributed by atoms with Crippen LogP contribution >= 0.6 is 11.8 Å². The van der Waals surface area contributed by atoms with Crippen molar-refractivity contribution in [3.8, 4) is 6.07 Å². The first-order valence-corrected chi connectivity index (χ1v) is 9.62. The van der Waals surface area contributed by atoms with Gasteiger partial charge in [-0.3, -0.25) is 9.59 Å². The van der Waals surface area contributed by atoms with Crippen LogP contribution in [0.1, 0.15) is 42.4 Å². The van der Waals surface area contributed by atoms with E-state index >= 15 is 0 Å². The lowest BCUT2D eigenvalue weighted by molar-refractivity contribution is -0.133. The highest BCUT2D eigenvalue weighted by Gasteiger charge is 2.19. The topological polar surface area (TPSA) is 112 Å². The van der Waals surface area contributed by atoms with Crippen molar-refractivity contribution in [1.82, 2.24) is 15.2 Å². The van der Waals surface area contributed by atoms with Gasteiger partial charge >= 0.3 is 5.97 Å². The number of aromatic nitrogens is 1. The summed E-state index contributed by atoms with van der Waals surface area (Å²) in [6, 6.07) is 3.43. The molecule has 1 aromatic rings. The van der Waals surface area contributed by atoms with Gasteiger partial charge in [0.2, 0.25) is 11.8 Å². The molecule has 0 unspecified atom stereocenters. The summed E-state index contributed by atoms with van der Waals surface area (Å²) in [7, 11) is 0. The third-order valence-corrected chi connectivity index (χ3v) is 4.55. The molecule has 0 atom stereocenters. The minimum atomic E-state index is -0.536. The maximum Gasteiger partial charge on any atom is 0.340 e. The van der Waals surface area contributed by atoms with Gasteiger partial charge in [-0.15, -0.1) is 0 Å². The van der Waals surface area contributed by atoms with Gasteiger partial charge in [0, 0.05) is 13.1 Å². The van der Waals surface area contributed by atoms with Crippen molar-refractivity contribution in [2.45, 2.75) is 32.7 Å². The molecule has 0 spiro atoms. The van der Waals surface area contributed by atoms with Gasteiger partial charge in [0.1, 0.15) is 11.1 Å². The zero-order valence-electron chi connectivity index (χ0n) is 16.0. The van der Waals surface area contributed by atoms with E-state index in [0.29, 0.717) is 23.8 Å². The van der Waals surface area contributed by atoms with E-state index in [4.69, 9.17) is 4.74 Å². The molecule has 1 rings (SSSR count). The number of nitrogens with one attached hydrogen (secondary N) is 1. The molecule has 1 heterocycles. The number of carbonyl (C=O) groups excluding carboxylic acids is 3. The lowest BCUT2D eigenvalue weighted by Gasteiger charge is -2.20. The minimum absolute atomic E-state index is 0.0108. The summed E-state index contributed by atoms with van der Waals surface area (Å²) in [6.45, 7) is 8.06. The van der Waals surface area contributed by atoms with Gasteiger partial charge in [-0.05, 0) is 33.8 Å². The number of thioether (sulfide) groups is 1. The Bertz CT molecular complexity index is 746. The van der Waals surface area contributed by atoms with Crippen molar-refractivity contribution in [3.63, 3.8) is 0 Å². The number of nitriles is 1. The molecule has 8 nitrogen and oxygen atoms in total. The van der Waals surface area contributed by atoms with Crippen molar-refractivity contribution >= 4 is 29.5 Å². The van der Waals surface area contributed by atoms with Gasteiger partial charge in [-0.1, -0.05) is 11.8 Å². The Kier molecular flexibility index (Phi) is 9.30. The van der Waals surface area contributed by atoms with Crippen molar-refractivity contribution in [2.24, 2.45) is 0 Å². The molecule has 0 saturated carbocycles. The van der Waals surface area contributed by atoms with Gasteiger partial charge in [0.15, 0.2) is 0 Å². The molecule has 1 N–H and O–H groups in total. The maximum atomic E-state index is 12.4. The molecule has 0 aliphatic rings. The highest BCUT2D eigenvalue weighted by Crippen LogP contribution is 2.23. The van der Waals surface area contributed by atoms with Gasteiger partial charge in [-0.25, -0.2) is 9.78 Å². The van der Waals surface area contributed by atoms with Crippen molar-refractivity contribution in [3.05, 3.63) is 22.9 Å². The van der Waals surface area contributed by atoms with Crippen LogP contribution in [0.3, 0.4) is 0 Å². The monoisotopic (exact) mass is 392 g/mol. The largest absolute Gasteiger partial charge is 0.462 e. The number of ether oxygens (including phenoxy) is 1. The summed E-state index contributed by atoms with van der Waals surface area (Å²) >= 11 is 1.10. The van der Waals surface area contributed by atoms with Crippen LogP contribution in [-0.2, 0) is 14.3 Å². The maximum absolute atomic E-state index is 12.4. The van der Waals surface area contributed by atoms with E-state index in [2.05, 4.69) is 10.3 Å². The summed E-state index contributed by atoms with van der Waals surface area (Å²) < 4.78 is 4.96. The van der Waals surface area contributed by atoms with E-state index in [1.165, 1.54) is 11.0 Å². The van der Waals surface area contributed by atoms with E-state index in [1.807, 2.05) is 13.0 Å². The highest BCUT2D eigenvalue weighted by atomic mass is 32.2. The molecule has 0 fully saturated rings. The number of hydrogen-bond donors (Lipinski definition) is 1. The smallest absolute Gasteiger partial charge is 0.340 e. The lowest BCUT2D eigenvalue weighted by atomic mass is 10.1. The molecule has 9 heteroatoms. The summed E-state index contributed by atoms with van der Waals surface area (Å²) in [6.07, 6.45) is 0.